The maximum atomic E-state index is 12.7. The van der Waals surface area contributed by atoms with E-state index in [0.29, 0.717) is 19.0 Å². The second-order valence-electron chi connectivity index (χ2n) is 7.36. The van der Waals surface area contributed by atoms with Gasteiger partial charge in [-0.25, -0.2) is 14.8 Å². The van der Waals surface area contributed by atoms with Crippen LogP contribution in [0.1, 0.15) is 36.9 Å². The van der Waals surface area contributed by atoms with Crippen molar-refractivity contribution in [3.8, 4) is 5.75 Å². The van der Waals surface area contributed by atoms with Gasteiger partial charge in [-0.2, -0.15) is 0 Å². The van der Waals surface area contributed by atoms with E-state index in [1.165, 1.54) is 0 Å². The summed E-state index contributed by atoms with van der Waals surface area (Å²) < 4.78 is 5.42. The molecule has 6 nitrogen and oxygen atoms in total. The number of carbonyl (C=O) groups is 1. The summed E-state index contributed by atoms with van der Waals surface area (Å²) in [6, 6.07) is 13.9. The number of rotatable bonds is 4. The van der Waals surface area contributed by atoms with Gasteiger partial charge in [-0.05, 0) is 55.2 Å². The lowest BCUT2D eigenvalue weighted by atomic mass is 9.93. The molecule has 3 aromatic rings. The summed E-state index contributed by atoms with van der Waals surface area (Å²) in [7, 11) is 1.65. The first-order chi connectivity index (χ1) is 14.2. The van der Waals surface area contributed by atoms with E-state index in [1.54, 1.807) is 13.3 Å². The summed E-state index contributed by atoms with van der Waals surface area (Å²) in [4.78, 5) is 23.6. The average Bonchev–Trinajstić information content (AvgIpc) is 2.78. The number of piperidine rings is 1. The highest BCUT2D eigenvalue weighted by molar-refractivity contribution is 5.89. The summed E-state index contributed by atoms with van der Waals surface area (Å²) in [5.41, 5.74) is 3.74. The first-order valence-electron chi connectivity index (χ1n) is 10.1. The van der Waals surface area contributed by atoms with Gasteiger partial charge in [0.25, 0.3) is 0 Å². The molecule has 4 rings (SSSR count). The number of hydrogen-bond donors (Lipinski definition) is 1. The van der Waals surface area contributed by atoms with Crippen molar-refractivity contribution >= 4 is 22.8 Å². The normalized spacial score (nSPS) is 14.8. The molecule has 1 aromatic carbocycles. The highest BCUT2D eigenvalue weighted by atomic mass is 16.5. The predicted molar refractivity (Wildman–Crippen MR) is 114 cm³/mol. The number of benzene rings is 1. The first-order valence-corrected chi connectivity index (χ1v) is 10.1. The molecule has 0 radical (unpaired) electrons. The molecule has 0 atom stereocenters. The van der Waals surface area contributed by atoms with E-state index in [1.807, 2.05) is 35.2 Å². The van der Waals surface area contributed by atoms with Crippen LogP contribution in [0.4, 0.5) is 10.5 Å². The van der Waals surface area contributed by atoms with Gasteiger partial charge < -0.3 is 15.0 Å². The van der Waals surface area contributed by atoms with Crippen molar-refractivity contribution in [1.82, 2.24) is 14.9 Å². The number of nitrogens with one attached hydrogen (secondary N) is 1. The second kappa shape index (κ2) is 8.47. The number of fused-ring (bicyclic) bond motifs is 1. The monoisotopic (exact) mass is 390 g/mol. The molecule has 0 spiro atoms. The number of likely N-dealkylation sites (tertiary alicyclic amines) is 1. The summed E-state index contributed by atoms with van der Waals surface area (Å²) in [6.07, 6.45) is 4.46. The topological polar surface area (TPSA) is 67.4 Å². The van der Waals surface area contributed by atoms with Gasteiger partial charge >= 0.3 is 6.03 Å². The quantitative estimate of drug-likeness (QED) is 0.706. The van der Waals surface area contributed by atoms with Crippen molar-refractivity contribution in [2.45, 2.75) is 32.1 Å². The number of aryl methyl sites for hydroxylation is 1. The molecule has 150 valence electrons. The summed E-state index contributed by atoms with van der Waals surface area (Å²) in [6.45, 7) is 3.51. The number of urea groups is 1. The van der Waals surface area contributed by atoms with Crippen LogP contribution in [0.3, 0.4) is 0 Å². The maximum absolute atomic E-state index is 12.7. The smallest absolute Gasteiger partial charge is 0.321 e. The zero-order valence-electron chi connectivity index (χ0n) is 16.9. The lowest BCUT2D eigenvalue weighted by molar-refractivity contribution is 0.194. The highest BCUT2D eigenvalue weighted by Gasteiger charge is 2.25. The van der Waals surface area contributed by atoms with E-state index in [0.717, 1.165) is 53.0 Å². The van der Waals surface area contributed by atoms with Crippen molar-refractivity contribution in [3.05, 3.63) is 59.9 Å². The van der Waals surface area contributed by atoms with Gasteiger partial charge in [-0.15, -0.1) is 0 Å². The molecule has 1 aliphatic heterocycles. The molecule has 1 fully saturated rings. The second-order valence-corrected chi connectivity index (χ2v) is 7.36. The number of nitrogens with zero attached hydrogens (tertiary/aromatic N) is 3. The lowest BCUT2D eigenvalue weighted by Crippen LogP contribution is -2.40. The van der Waals surface area contributed by atoms with E-state index in [4.69, 9.17) is 9.72 Å². The van der Waals surface area contributed by atoms with Crippen molar-refractivity contribution in [1.29, 1.82) is 0 Å². The first kappa shape index (κ1) is 19.2. The fourth-order valence-corrected chi connectivity index (χ4v) is 3.89. The minimum absolute atomic E-state index is 0.0668. The molecule has 0 bridgehead atoms. The number of anilines is 1. The third kappa shape index (κ3) is 4.16. The molecule has 1 aliphatic rings. The fourth-order valence-electron chi connectivity index (χ4n) is 3.89. The summed E-state index contributed by atoms with van der Waals surface area (Å²) >= 11 is 0. The zero-order valence-corrected chi connectivity index (χ0v) is 16.9. The molecule has 29 heavy (non-hydrogen) atoms. The van der Waals surface area contributed by atoms with Crippen LogP contribution in [-0.2, 0) is 6.42 Å². The summed E-state index contributed by atoms with van der Waals surface area (Å²) in [5.74, 6) is 1.16. The van der Waals surface area contributed by atoms with Crippen LogP contribution < -0.4 is 10.1 Å². The Morgan fingerprint density at radius 3 is 2.79 bits per heavy atom. The van der Waals surface area contributed by atoms with E-state index in [-0.39, 0.29) is 6.03 Å². The minimum atomic E-state index is -0.0668. The van der Waals surface area contributed by atoms with E-state index in [2.05, 4.69) is 29.4 Å². The average molecular weight is 390 g/mol. The summed E-state index contributed by atoms with van der Waals surface area (Å²) in [5, 5.41) is 4.05. The molecule has 0 saturated carbocycles. The number of methoxy groups -OCH3 is 1. The van der Waals surface area contributed by atoms with Crippen LogP contribution in [0, 0.1) is 0 Å². The van der Waals surface area contributed by atoms with Crippen molar-refractivity contribution < 1.29 is 9.53 Å². The molecular weight excluding hydrogens is 364 g/mol. The molecule has 2 aromatic heterocycles. The number of carbonyl (C=O) groups excluding carboxylic acids is 1. The van der Waals surface area contributed by atoms with Crippen LogP contribution in [0.25, 0.3) is 11.0 Å². The predicted octanol–water partition coefficient (Wildman–Crippen LogP) is 4.61. The van der Waals surface area contributed by atoms with Gasteiger partial charge in [0.2, 0.25) is 0 Å². The highest BCUT2D eigenvalue weighted by Crippen LogP contribution is 2.29. The number of aromatic nitrogens is 2. The van der Waals surface area contributed by atoms with E-state index < -0.39 is 0 Å². The third-order valence-corrected chi connectivity index (χ3v) is 5.61. The molecule has 1 saturated heterocycles. The minimum Gasteiger partial charge on any atom is -0.496 e. The van der Waals surface area contributed by atoms with Crippen molar-refractivity contribution in [3.63, 3.8) is 0 Å². The number of hydrogen-bond acceptors (Lipinski definition) is 4. The fraction of sp³-hybridized carbons (Fsp3) is 0.348. The molecule has 0 unspecified atom stereocenters. The van der Waals surface area contributed by atoms with Gasteiger partial charge in [0.15, 0.2) is 5.65 Å². The molecule has 2 amide bonds. The maximum Gasteiger partial charge on any atom is 0.321 e. The molecule has 0 aliphatic carbocycles. The van der Waals surface area contributed by atoms with E-state index in [9.17, 15) is 4.79 Å². The zero-order chi connectivity index (χ0) is 20.2. The van der Waals surface area contributed by atoms with Crippen LogP contribution in [0.15, 0.2) is 48.7 Å². The van der Waals surface area contributed by atoms with E-state index >= 15 is 0 Å². The molecule has 6 heteroatoms. The van der Waals surface area contributed by atoms with Gasteiger partial charge in [-0.3, -0.25) is 0 Å². The van der Waals surface area contributed by atoms with Gasteiger partial charge in [0.1, 0.15) is 5.75 Å². The SMILES string of the molecule is CCc1ccc(NC(=O)N2CCC(c3ccc4cccnc4n3)CC2)cc1OC. The largest absolute Gasteiger partial charge is 0.496 e. The number of amides is 2. The standard InChI is InChI=1S/C23H26N4O2/c1-3-16-6-8-19(15-21(16)29-2)25-23(28)27-13-10-17(11-14-27)20-9-7-18-5-4-12-24-22(18)26-20/h4-9,12,15,17H,3,10-11,13-14H2,1-2H3,(H,25,28). The van der Waals surface area contributed by atoms with Crippen LogP contribution >= 0.6 is 0 Å². The Labute approximate surface area is 170 Å². The Hall–Kier alpha value is -3.15. The number of pyridine rings is 2. The molecular formula is C23H26N4O2. The molecule has 3 heterocycles. The Bertz CT molecular complexity index is 1010. The van der Waals surface area contributed by atoms with Crippen molar-refractivity contribution in [2.24, 2.45) is 0 Å². The van der Waals surface area contributed by atoms with Gasteiger partial charge in [0.05, 0.1) is 7.11 Å². The van der Waals surface area contributed by atoms with Gasteiger partial charge in [-0.1, -0.05) is 13.0 Å². The van der Waals surface area contributed by atoms with Crippen molar-refractivity contribution in [2.75, 3.05) is 25.5 Å². The van der Waals surface area contributed by atoms with Crippen LogP contribution in [0.2, 0.25) is 0 Å². The Kier molecular flexibility index (Phi) is 5.60. The van der Waals surface area contributed by atoms with Crippen LogP contribution in [-0.4, -0.2) is 41.1 Å². The Morgan fingerprint density at radius 1 is 1.21 bits per heavy atom. The Balaban J connectivity index is 1.38. The number of ether oxygens (including phenoxy) is 1. The van der Waals surface area contributed by atoms with Gasteiger partial charge in [0, 0.05) is 48.0 Å². The Morgan fingerprint density at radius 2 is 2.03 bits per heavy atom. The third-order valence-electron chi connectivity index (χ3n) is 5.61. The molecule has 1 N–H and O–H groups in total. The lowest BCUT2D eigenvalue weighted by Gasteiger charge is -2.31. The van der Waals surface area contributed by atoms with Crippen LogP contribution in [0.5, 0.6) is 5.75 Å².